The molecule has 1 aliphatic rings. The molecule has 0 bridgehead atoms. The zero-order valence-corrected chi connectivity index (χ0v) is 16.2. The molecule has 2 amide bonds. The number of aryl methyl sites for hydroxylation is 3. The van der Waals surface area contributed by atoms with Gasteiger partial charge in [0.2, 0.25) is 0 Å². The Bertz CT molecular complexity index is 769. The van der Waals surface area contributed by atoms with E-state index in [1.54, 1.807) is 0 Å². The maximum absolute atomic E-state index is 12.8. The molecule has 1 aliphatic heterocycles. The third-order valence-electron chi connectivity index (χ3n) is 5.25. The molecule has 1 fully saturated rings. The number of amides is 2. The lowest BCUT2D eigenvalue weighted by molar-refractivity contribution is 0.200. The van der Waals surface area contributed by atoms with Crippen LogP contribution in [0.1, 0.15) is 30.5 Å². The van der Waals surface area contributed by atoms with Crippen LogP contribution in [0.2, 0.25) is 0 Å². The molecule has 3 rings (SSSR count). The first-order valence-corrected chi connectivity index (χ1v) is 9.47. The number of hydrogen-bond donors (Lipinski definition) is 1. The summed E-state index contributed by atoms with van der Waals surface area (Å²) in [5.74, 6) is 0. The van der Waals surface area contributed by atoms with Crippen LogP contribution in [0.15, 0.2) is 42.5 Å². The molecule has 0 aliphatic carbocycles. The van der Waals surface area contributed by atoms with Crippen LogP contribution in [-0.2, 0) is 6.42 Å². The Hall–Kier alpha value is -2.49. The number of carbonyl (C=O) groups is 1. The van der Waals surface area contributed by atoms with Crippen molar-refractivity contribution in [1.29, 1.82) is 0 Å². The average molecular weight is 351 g/mol. The summed E-state index contributed by atoms with van der Waals surface area (Å²) < 4.78 is 0. The third-order valence-corrected chi connectivity index (χ3v) is 5.25. The predicted octanol–water partition coefficient (Wildman–Crippen LogP) is 4.61. The Morgan fingerprint density at radius 3 is 2.50 bits per heavy atom. The van der Waals surface area contributed by atoms with Crippen molar-refractivity contribution >= 4 is 17.4 Å². The number of nitrogens with one attached hydrogen (secondary N) is 1. The van der Waals surface area contributed by atoms with Crippen molar-refractivity contribution < 1.29 is 4.79 Å². The lowest BCUT2D eigenvalue weighted by atomic mass is 10.1. The van der Waals surface area contributed by atoms with Crippen molar-refractivity contribution in [3.05, 3.63) is 59.2 Å². The molecule has 2 aromatic rings. The minimum Gasteiger partial charge on any atom is -0.365 e. The number of carbonyl (C=O) groups excluding carboxylic acids is 1. The molecular weight excluding hydrogens is 322 g/mol. The highest BCUT2D eigenvalue weighted by atomic mass is 16.2. The summed E-state index contributed by atoms with van der Waals surface area (Å²) in [7, 11) is 0. The minimum absolute atomic E-state index is 0.00408. The van der Waals surface area contributed by atoms with Gasteiger partial charge in [0.15, 0.2) is 0 Å². The number of para-hydroxylation sites is 1. The highest BCUT2D eigenvalue weighted by Gasteiger charge is 2.27. The van der Waals surface area contributed by atoms with Crippen LogP contribution in [0, 0.1) is 13.8 Å². The molecule has 1 heterocycles. The van der Waals surface area contributed by atoms with Gasteiger partial charge in [-0.2, -0.15) is 0 Å². The van der Waals surface area contributed by atoms with Gasteiger partial charge in [-0.25, -0.2) is 4.79 Å². The molecule has 1 atom stereocenters. The summed E-state index contributed by atoms with van der Waals surface area (Å²) in [6.07, 6.45) is 0.912. The standard InChI is InChI=1S/C22H29N3O/c1-5-19-8-6-7-17(3)21(19)23-22(26)24-13-14-25(18(4)15-24)20-11-9-16(2)10-12-20/h6-12,18H,5,13-15H2,1-4H3,(H,23,26). The van der Waals surface area contributed by atoms with Gasteiger partial charge in [-0.05, 0) is 50.5 Å². The van der Waals surface area contributed by atoms with Gasteiger partial charge in [-0.15, -0.1) is 0 Å². The summed E-state index contributed by atoms with van der Waals surface area (Å²) >= 11 is 0. The predicted molar refractivity (Wildman–Crippen MR) is 109 cm³/mol. The molecule has 1 saturated heterocycles. The topological polar surface area (TPSA) is 35.6 Å². The summed E-state index contributed by atoms with van der Waals surface area (Å²) in [5.41, 5.74) is 5.77. The fourth-order valence-electron chi connectivity index (χ4n) is 3.65. The number of urea groups is 1. The lowest BCUT2D eigenvalue weighted by Gasteiger charge is -2.41. The molecule has 0 aromatic heterocycles. The number of benzene rings is 2. The maximum atomic E-state index is 12.8. The van der Waals surface area contributed by atoms with Crippen LogP contribution >= 0.6 is 0 Å². The monoisotopic (exact) mass is 351 g/mol. The van der Waals surface area contributed by atoms with Crippen molar-refractivity contribution in [1.82, 2.24) is 4.90 Å². The third kappa shape index (κ3) is 3.85. The van der Waals surface area contributed by atoms with E-state index >= 15 is 0 Å². The highest BCUT2D eigenvalue weighted by molar-refractivity contribution is 5.91. The summed E-state index contributed by atoms with van der Waals surface area (Å²) in [5, 5.41) is 3.15. The zero-order chi connectivity index (χ0) is 18.7. The normalized spacial score (nSPS) is 17.3. The van der Waals surface area contributed by atoms with Crippen LogP contribution in [0.4, 0.5) is 16.2 Å². The first-order valence-electron chi connectivity index (χ1n) is 9.47. The SMILES string of the molecule is CCc1cccc(C)c1NC(=O)N1CCN(c2ccc(C)cc2)C(C)C1. The van der Waals surface area contributed by atoms with Crippen molar-refractivity contribution in [2.45, 2.75) is 40.2 Å². The van der Waals surface area contributed by atoms with Gasteiger partial charge in [-0.1, -0.05) is 42.8 Å². The second-order valence-electron chi connectivity index (χ2n) is 7.22. The fourth-order valence-corrected chi connectivity index (χ4v) is 3.65. The molecule has 0 spiro atoms. The van der Waals surface area contributed by atoms with E-state index in [0.717, 1.165) is 37.3 Å². The second-order valence-corrected chi connectivity index (χ2v) is 7.22. The summed E-state index contributed by atoms with van der Waals surface area (Å²) in [4.78, 5) is 17.1. The van der Waals surface area contributed by atoms with Gasteiger partial charge in [0, 0.05) is 37.1 Å². The largest absolute Gasteiger partial charge is 0.365 e. The van der Waals surface area contributed by atoms with Gasteiger partial charge in [0.25, 0.3) is 0 Å². The smallest absolute Gasteiger partial charge is 0.321 e. The first kappa shape index (κ1) is 18.3. The van der Waals surface area contributed by atoms with Gasteiger partial charge in [0.05, 0.1) is 0 Å². The van der Waals surface area contributed by atoms with Crippen LogP contribution in [0.3, 0.4) is 0 Å². The van der Waals surface area contributed by atoms with E-state index in [9.17, 15) is 4.79 Å². The quantitative estimate of drug-likeness (QED) is 0.876. The van der Waals surface area contributed by atoms with Gasteiger partial charge in [0.1, 0.15) is 0 Å². The Labute approximate surface area is 156 Å². The first-order chi connectivity index (χ1) is 12.5. The number of hydrogen-bond acceptors (Lipinski definition) is 2. The number of anilines is 2. The molecule has 2 aromatic carbocycles. The van der Waals surface area contributed by atoms with Crippen LogP contribution in [0.5, 0.6) is 0 Å². The summed E-state index contributed by atoms with van der Waals surface area (Å²) in [6.45, 7) is 10.8. The van der Waals surface area contributed by atoms with E-state index in [4.69, 9.17) is 0 Å². The average Bonchev–Trinajstić information content (AvgIpc) is 2.64. The molecule has 4 heteroatoms. The van der Waals surface area contributed by atoms with Gasteiger partial charge in [-0.3, -0.25) is 0 Å². The Morgan fingerprint density at radius 1 is 1.12 bits per heavy atom. The lowest BCUT2D eigenvalue weighted by Crippen LogP contribution is -2.54. The number of piperazine rings is 1. The van der Waals surface area contributed by atoms with E-state index in [2.05, 4.69) is 61.3 Å². The van der Waals surface area contributed by atoms with Gasteiger partial charge < -0.3 is 15.1 Å². The molecule has 26 heavy (non-hydrogen) atoms. The van der Waals surface area contributed by atoms with Crippen molar-refractivity contribution in [2.75, 3.05) is 29.9 Å². The molecular formula is C22H29N3O. The highest BCUT2D eigenvalue weighted by Crippen LogP contribution is 2.24. The van der Waals surface area contributed by atoms with Crippen molar-refractivity contribution in [2.24, 2.45) is 0 Å². The molecule has 0 radical (unpaired) electrons. The van der Waals surface area contributed by atoms with E-state index in [1.807, 2.05) is 24.0 Å². The van der Waals surface area contributed by atoms with Crippen LogP contribution in [-0.4, -0.2) is 36.6 Å². The van der Waals surface area contributed by atoms with E-state index in [1.165, 1.54) is 16.8 Å². The number of nitrogens with zero attached hydrogens (tertiary/aromatic N) is 2. The Balaban J connectivity index is 1.67. The maximum Gasteiger partial charge on any atom is 0.321 e. The van der Waals surface area contributed by atoms with Crippen LogP contribution < -0.4 is 10.2 Å². The molecule has 0 saturated carbocycles. The minimum atomic E-state index is 0.00408. The number of rotatable bonds is 3. The van der Waals surface area contributed by atoms with E-state index in [-0.39, 0.29) is 6.03 Å². The van der Waals surface area contributed by atoms with Crippen molar-refractivity contribution in [3.8, 4) is 0 Å². The molecule has 4 nitrogen and oxygen atoms in total. The van der Waals surface area contributed by atoms with Crippen LogP contribution in [0.25, 0.3) is 0 Å². The van der Waals surface area contributed by atoms with Crippen molar-refractivity contribution in [3.63, 3.8) is 0 Å². The summed E-state index contributed by atoms with van der Waals surface area (Å²) in [6, 6.07) is 15.1. The second kappa shape index (κ2) is 7.81. The zero-order valence-electron chi connectivity index (χ0n) is 16.2. The molecule has 138 valence electrons. The fraction of sp³-hybridized carbons (Fsp3) is 0.409. The van der Waals surface area contributed by atoms with E-state index < -0.39 is 0 Å². The Kier molecular flexibility index (Phi) is 5.50. The molecule has 1 N–H and O–H groups in total. The van der Waals surface area contributed by atoms with Gasteiger partial charge >= 0.3 is 6.03 Å². The molecule has 1 unspecified atom stereocenters. The Morgan fingerprint density at radius 2 is 1.85 bits per heavy atom. The van der Waals surface area contributed by atoms with E-state index in [0.29, 0.717) is 6.04 Å².